The van der Waals surface area contributed by atoms with Crippen LogP contribution in [0.25, 0.3) is 0 Å². The first-order valence-corrected chi connectivity index (χ1v) is 11.2. The summed E-state index contributed by atoms with van der Waals surface area (Å²) >= 11 is 1.82. The number of likely N-dealkylation sites (tertiary alicyclic amines) is 1. The van der Waals surface area contributed by atoms with Gasteiger partial charge in [0.1, 0.15) is 0 Å². The van der Waals surface area contributed by atoms with Gasteiger partial charge in [0.05, 0.1) is 4.90 Å². The first-order chi connectivity index (χ1) is 12.5. The summed E-state index contributed by atoms with van der Waals surface area (Å²) in [4.78, 5) is 15.2. The maximum Gasteiger partial charge on any atom is 0.240 e. The SMILES string of the molecule is CC(=O)c1ccc(S(=O)(=O)NCCN2CCC(c3cccs3)CC2)cc1. The van der Waals surface area contributed by atoms with Crippen LogP contribution in [0.15, 0.2) is 46.7 Å². The Morgan fingerprint density at radius 1 is 1.19 bits per heavy atom. The highest BCUT2D eigenvalue weighted by Gasteiger charge is 2.21. The van der Waals surface area contributed by atoms with Crippen molar-refractivity contribution in [1.29, 1.82) is 0 Å². The number of benzene rings is 1. The summed E-state index contributed by atoms with van der Waals surface area (Å²) in [6, 6.07) is 10.4. The Bertz CT molecular complexity index is 822. The molecule has 1 saturated heterocycles. The van der Waals surface area contributed by atoms with Crippen LogP contribution in [0.2, 0.25) is 0 Å². The number of piperidine rings is 1. The molecule has 2 heterocycles. The smallest absolute Gasteiger partial charge is 0.240 e. The van der Waals surface area contributed by atoms with Gasteiger partial charge >= 0.3 is 0 Å². The molecule has 2 aromatic rings. The molecule has 0 spiro atoms. The fraction of sp³-hybridized carbons (Fsp3) is 0.421. The van der Waals surface area contributed by atoms with E-state index in [-0.39, 0.29) is 10.7 Å². The van der Waals surface area contributed by atoms with Crippen molar-refractivity contribution in [3.63, 3.8) is 0 Å². The zero-order valence-corrected chi connectivity index (χ0v) is 16.5. The maximum absolute atomic E-state index is 12.3. The van der Waals surface area contributed by atoms with E-state index < -0.39 is 10.0 Å². The number of carbonyl (C=O) groups is 1. The molecule has 140 valence electrons. The second kappa shape index (κ2) is 8.43. The highest BCUT2D eigenvalue weighted by Crippen LogP contribution is 2.30. The van der Waals surface area contributed by atoms with E-state index in [1.54, 1.807) is 12.1 Å². The quantitative estimate of drug-likeness (QED) is 0.735. The number of Topliss-reactive ketones (excluding diaryl/α,β-unsaturated/α-hetero) is 1. The maximum atomic E-state index is 12.3. The number of nitrogens with one attached hydrogen (secondary N) is 1. The summed E-state index contributed by atoms with van der Waals surface area (Å²) in [6.07, 6.45) is 2.25. The molecule has 1 aliphatic rings. The molecule has 26 heavy (non-hydrogen) atoms. The highest BCUT2D eigenvalue weighted by atomic mass is 32.2. The number of thiophene rings is 1. The number of ketones is 1. The van der Waals surface area contributed by atoms with Gasteiger partial charge in [0.2, 0.25) is 10.0 Å². The van der Waals surface area contributed by atoms with Crippen LogP contribution >= 0.6 is 11.3 Å². The standard InChI is InChI=1S/C19H24N2O3S2/c1-15(22)16-4-6-18(7-5-16)26(23,24)20-10-13-21-11-8-17(9-12-21)19-3-2-14-25-19/h2-7,14,17,20H,8-13H2,1H3. The van der Waals surface area contributed by atoms with E-state index in [0.29, 0.717) is 24.6 Å². The van der Waals surface area contributed by atoms with Gasteiger partial charge in [-0.25, -0.2) is 13.1 Å². The van der Waals surface area contributed by atoms with E-state index >= 15 is 0 Å². The van der Waals surface area contributed by atoms with E-state index in [1.165, 1.54) is 23.9 Å². The number of rotatable bonds is 7. The Labute approximate surface area is 159 Å². The summed E-state index contributed by atoms with van der Waals surface area (Å²) < 4.78 is 27.4. The average Bonchev–Trinajstić information content (AvgIpc) is 3.17. The van der Waals surface area contributed by atoms with Crippen LogP contribution in [0.1, 0.15) is 40.9 Å². The molecule has 5 nitrogen and oxygen atoms in total. The largest absolute Gasteiger partial charge is 0.302 e. The zero-order chi connectivity index (χ0) is 18.6. The molecule has 1 aliphatic heterocycles. The molecule has 0 radical (unpaired) electrons. The number of sulfonamides is 1. The van der Waals surface area contributed by atoms with E-state index in [0.717, 1.165) is 25.9 Å². The predicted molar refractivity (Wildman–Crippen MR) is 104 cm³/mol. The molecular formula is C19H24N2O3S2. The van der Waals surface area contributed by atoms with Gasteiger partial charge in [0, 0.05) is 23.5 Å². The van der Waals surface area contributed by atoms with Crippen molar-refractivity contribution in [3.8, 4) is 0 Å². The highest BCUT2D eigenvalue weighted by molar-refractivity contribution is 7.89. The molecule has 7 heteroatoms. The molecule has 1 fully saturated rings. The van der Waals surface area contributed by atoms with E-state index in [1.807, 2.05) is 11.3 Å². The van der Waals surface area contributed by atoms with Crippen molar-refractivity contribution in [1.82, 2.24) is 9.62 Å². The third-order valence-corrected chi connectivity index (χ3v) is 7.34. The third-order valence-electron chi connectivity index (χ3n) is 4.82. The summed E-state index contributed by atoms with van der Waals surface area (Å²) in [5, 5.41) is 2.12. The normalized spacial score (nSPS) is 16.7. The van der Waals surface area contributed by atoms with E-state index in [4.69, 9.17) is 0 Å². The molecule has 3 rings (SSSR count). The van der Waals surface area contributed by atoms with Crippen LogP contribution in [0.4, 0.5) is 0 Å². The van der Waals surface area contributed by atoms with Crippen LogP contribution in [-0.4, -0.2) is 45.3 Å². The summed E-state index contributed by atoms with van der Waals surface area (Å²) in [5.41, 5.74) is 0.512. The van der Waals surface area contributed by atoms with Crippen molar-refractivity contribution < 1.29 is 13.2 Å². The molecule has 1 aromatic heterocycles. The molecule has 0 atom stereocenters. The molecule has 1 N–H and O–H groups in total. The first kappa shape index (κ1) is 19.2. The molecule has 0 aliphatic carbocycles. The van der Waals surface area contributed by atoms with Gasteiger partial charge in [0.15, 0.2) is 5.78 Å². The zero-order valence-electron chi connectivity index (χ0n) is 14.8. The Balaban J connectivity index is 1.46. The average molecular weight is 393 g/mol. The number of carbonyl (C=O) groups excluding carboxylic acids is 1. The molecular weight excluding hydrogens is 368 g/mol. The van der Waals surface area contributed by atoms with Gasteiger partial charge in [-0.3, -0.25) is 4.79 Å². The van der Waals surface area contributed by atoms with Crippen LogP contribution in [-0.2, 0) is 10.0 Å². The lowest BCUT2D eigenvalue weighted by molar-refractivity contribution is 0.101. The van der Waals surface area contributed by atoms with Gasteiger partial charge in [-0.15, -0.1) is 11.3 Å². The lowest BCUT2D eigenvalue weighted by Crippen LogP contribution is -2.39. The topological polar surface area (TPSA) is 66.5 Å². The van der Waals surface area contributed by atoms with Crippen molar-refractivity contribution in [2.75, 3.05) is 26.2 Å². The number of nitrogens with zero attached hydrogens (tertiary/aromatic N) is 1. The summed E-state index contributed by atoms with van der Waals surface area (Å²) in [6.45, 7) is 4.56. The number of hydrogen-bond donors (Lipinski definition) is 1. The molecule has 0 saturated carbocycles. The third kappa shape index (κ3) is 4.79. The minimum absolute atomic E-state index is 0.0761. The summed E-state index contributed by atoms with van der Waals surface area (Å²) in [5.74, 6) is 0.565. The fourth-order valence-corrected chi connectivity index (χ4v) is 5.18. The van der Waals surface area contributed by atoms with Crippen LogP contribution in [0.3, 0.4) is 0 Å². The molecule has 0 bridgehead atoms. The predicted octanol–water partition coefficient (Wildman–Crippen LogP) is 3.11. The summed E-state index contributed by atoms with van der Waals surface area (Å²) in [7, 11) is -3.54. The van der Waals surface area contributed by atoms with Gasteiger partial charge in [0.25, 0.3) is 0 Å². The number of hydrogen-bond acceptors (Lipinski definition) is 5. The van der Waals surface area contributed by atoms with Gasteiger partial charge < -0.3 is 4.90 Å². The van der Waals surface area contributed by atoms with Crippen molar-refractivity contribution in [3.05, 3.63) is 52.2 Å². The Morgan fingerprint density at radius 2 is 1.88 bits per heavy atom. The van der Waals surface area contributed by atoms with Gasteiger partial charge in [-0.05, 0) is 62.4 Å². The molecule has 0 amide bonds. The lowest BCUT2D eigenvalue weighted by atomic mass is 9.95. The van der Waals surface area contributed by atoms with Crippen LogP contribution in [0.5, 0.6) is 0 Å². The van der Waals surface area contributed by atoms with Gasteiger partial charge in [-0.1, -0.05) is 18.2 Å². The second-order valence-corrected chi connectivity index (χ2v) is 9.36. The monoisotopic (exact) mass is 392 g/mol. The van der Waals surface area contributed by atoms with Crippen LogP contribution < -0.4 is 4.72 Å². The first-order valence-electron chi connectivity index (χ1n) is 8.82. The molecule has 0 unspecified atom stereocenters. The Kier molecular flexibility index (Phi) is 6.24. The van der Waals surface area contributed by atoms with E-state index in [2.05, 4.69) is 27.1 Å². The van der Waals surface area contributed by atoms with Crippen molar-refractivity contribution in [2.24, 2.45) is 0 Å². The fourth-order valence-electron chi connectivity index (χ4n) is 3.25. The van der Waals surface area contributed by atoms with Gasteiger partial charge in [-0.2, -0.15) is 0 Å². The minimum Gasteiger partial charge on any atom is -0.302 e. The Hall–Kier alpha value is -1.54. The van der Waals surface area contributed by atoms with Crippen LogP contribution in [0, 0.1) is 0 Å². The Morgan fingerprint density at radius 3 is 2.46 bits per heavy atom. The minimum atomic E-state index is -3.54. The van der Waals surface area contributed by atoms with Crippen molar-refractivity contribution in [2.45, 2.75) is 30.6 Å². The van der Waals surface area contributed by atoms with Crippen molar-refractivity contribution >= 4 is 27.1 Å². The second-order valence-electron chi connectivity index (χ2n) is 6.61. The molecule has 1 aromatic carbocycles. The lowest BCUT2D eigenvalue weighted by Gasteiger charge is -2.31. The van der Waals surface area contributed by atoms with E-state index in [9.17, 15) is 13.2 Å².